The maximum atomic E-state index is 11.5. The number of carbonyl (C=O) groups is 2. The fraction of sp³-hybridized carbons (Fsp3) is 0.750. The first kappa shape index (κ1) is 16.8. The number of carboxylic acids is 1. The molecule has 122 valence electrons. The number of carboxylic acid groups (broad SMARTS) is 1. The van der Waals surface area contributed by atoms with Crippen molar-refractivity contribution in [2.75, 3.05) is 19.8 Å². The van der Waals surface area contributed by atoms with Crippen LogP contribution in [0, 0.1) is 29.1 Å². The lowest BCUT2D eigenvalue weighted by atomic mass is 10.1. The summed E-state index contributed by atoms with van der Waals surface area (Å²) < 4.78 is 15.7. The van der Waals surface area contributed by atoms with Crippen molar-refractivity contribution in [3.05, 3.63) is 0 Å². The molecule has 1 saturated heterocycles. The molecule has 2 fully saturated rings. The average molecular weight is 310 g/mol. The molecular weight excluding hydrogens is 288 g/mol. The number of hydrogen-bond acceptors (Lipinski definition) is 5. The molecule has 6 nitrogen and oxygen atoms in total. The van der Waals surface area contributed by atoms with Gasteiger partial charge in [-0.2, -0.15) is 0 Å². The average Bonchev–Trinajstić information content (AvgIpc) is 3.04. The van der Waals surface area contributed by atoms with E-state index in [0.29, 0.717) is 6.61 Å². The van der Waals surface area contributed by atoms with Crippen LogP contribution in [0.25, 0.3) is 0 Å². The molecule has 3 atom stereocenters. The van der Waals surface area contributed by atoms with E-state index in [4.69, 9.17) is 19.3 Å². The van der Waals surface area contributed by atoms with Crippen molar-refractivity contribution in [3.63, 3.8) is 0 Å². The number of aliphatic carboxylic acids is 1. The summed E-state index contributed by atoms with van der Waals surface area (Å²) in [6.45, 7) is 4.75. The molecule has 0 amide bonds. The third kappa shape index (κ3) is 4.21. The lowest BCUT2D eigenvalue weighted by Crippen LogP contribution is -2.24. The van der Waals surface area contributed by atoms with Crippen molar-refractivity contribution in [2.45, 2.75) is 39.4 Å². The largest absolute Gasteiger partial charge is 0.481 e. The first-order chi connectivity index (χ1) is 10.4. The Morgan fingerprint density at radius 1 is 1.32 bits per heavy atom. The summed E-state index contributed by atoms with van der Waals surface area (Å²) in [7, 11) is 0. The second-order valence-electron chi connectivity index (χ2n) is 6.19. The monoisotopic (exact) mass is 310 g/mol. The molecule has 0 bridgehead atoms. The molecule has 3 unspecified atom stereocenters. The van der Waals surface area contributed by atoms with Crippen LogP contribution >= 0.6 is 0 Å². The van der Waals surface area contributed by atoms with Gasteiger partial charge in [0, 0.05) is 18.4 Å². The summed E-state index contributed by atoms with van der Waals surface area (Å²) in [5, 5.41) is 9.01. The first-order valence-electron chi connectivity index (χ1n) is 7.57. The quantitative estimate of drug-likeness (QED) is 0.358. The Morgan fingerprint density at radius 3 is 2.68 bits per heavy atom. The van der Waals surface area contributed by atoms with E-state index in [0.717, 1.165) is 19.3 Å². The van der Waals surface area contributed by atoms with Gasteiger partial charge in [-0.15, -0.1) is 0 Å². The minimum atomic E-state index is -0.876. The Labute approximate surface area is 130 Å². The van der Waals surface area contributed by atoms with E-state index in [-0.39, 0.29) is 30.8 Å². The van der Waals surface area contributed by atoms with E-state index in [9.17, 15) is 9.59 Å². The zero-order valence-corrected chi connectivity index (χ0v) is 13.0. The Kier molecular flexibility index (Phi) is 5.43. The van der Waals surface area contributed by atoms with Gasteiger partial charge in [-0.3, -0.25) is 4.79 Å². The first-order valence-corrected chi connectivity index (χ1v) is 7.57. The van der Waals surface area contributed by atoms with Crippen molar-refractivity contribution in [3.8, 4) is 11.8 Å². The summed E-state index contributed by atoms with van der Waals surface area (Å²) >= 11 is 0. The van der Waals surface area contributed by atoms with Gasteiger partial charge in [0.25, 0.3) is 0 Å². The van der Waals surface area contributed by atoms with Gasteiger partial charge in [0.15, 0.2) is 6.29 Å². The number of esters is 1. The van der Waals surface area contributed by atoms with Crippen molar-refractivity contribution in [2.24, 2.45) is 17.3 Å². The zero-order chi connectivity index (χ0) is 16.2. The highest BCUT2D eigenvalue weighted by atomic mass is 16.7. The number of hydrogen-bond donors (Lipinski definition) is 1. The molecule has 1 heterocycles. The maximum Gasteiger partial charge on any atom is 0.384 e. The third-order valence-corrected chi connectivity index (χ3v) is 4.18. The predicted molar refractivity (Wildman–Crippen MR) is 76.7 cm³/mol. The van der Waals surface area contributed by atoms with Crippen LogP contribution in [-0.4, -0.2) is 43.2 Å². The van der Waals surface area contributed by atoms with Crippen LogP contribution in [0.15, 0.2) is 0 Å². The summed E-state index contributed by atoms with van der Waals surface area (Å²) in [5.41, 5.74) is -0.388. The van der Waals surface area contributed by atoms with Gasteiger partial charge >= 0.3 is 11.9 Å². The molecule has 1 aliphatic heterocycles. The summed E-state index contributed by atoms with van der Waals surface area (Å²) in [4.78, 5) is 22.5. The zero-order valence-electron chi connectivity index (χ0n) is 13.0. The van der Waals surface area contributed by atoms with Crippen molar-refractivity contribution >= 4 is 11.9 Å². The van der Waals surface area contributed by atoms with E-state index in [1.54, 1.807) is 0 Å². The van der Waals surface area contributed by atoms with E-state index < -0.39 is 17.9 Å². The predicted octanol–water partition coefficient (Wildman–Crippen LogP) is 1.43. The standard InChI is InChI=1S/C16H22O6/c1-16(2)11(14(16)15(18)19)6-7-12(17)20-9-10-22-13-5-3-4-8-21-13/h11,13-14H,3-5,8-10H2,1-2H3,(H,18,19). The number of rotatable bonds is 5. The second-order valence-corrected chi connectivity index (χ2v) is 6.19. The Balaban J connectivity index is 1.64. The minimum absolute atomic E-state index is 0.115. The normalized spacial score (nSPS) is 29.1. The number of carbonyl (C=O) groups excluding carboxylic acids is 1. The van der Waals surface area contributed by atoms with Gasteiger partial charge in [-0.1, -0.05) is 19.8 Å². The molecule has 1 N–H and O–H groups in total. The highest BCUT2D eigenvalue weighted by Gasteiger charge is 2.61. The summed E-state index contributed by atoms with van der Waals surface area (Å²) in [5.74, 6) is 2.71. The van der Waals surface area contributed by atoms with Crippen LogP contribution in [0.2, 0.25) is 0 Å². The summed E-state index contributed by atoms with van der Waals surface area (Å²) in [6, 6.07) is 0. The Morgan fingerprint density at radius 2 is 2.09 bits per heavy atom. The maximum absolute atomic E-state index is 11.5. The lowest BCUT2D eigenvalue weighted by Gasteiger charge is -2.22. The van der Waals surface area contributed by atoms with E-state index >= 15 is 0 Å². The molecular formula is C16H22O6. The Bertz CT molecular complexity index is 481. The lowest BCUT2D eigenvalue weighted by molar-refractivity contribution is -0.172. The van der Waals surface area contributed by atoms with Gasteiger partial charge in [-0.05, 0) is 24.7 Å². The molecule has 0 radical (unpaired) electrons. The molecule has 1 saturated carbocycles. The second kappa shape index (κ2) is 7.12. The highest BCUT2D eigenvalue weighted by molar-refractivity contribution is 5.89. The highest BCUT2D eigenvalue weighted by Crippen LogP contribution is 2.57. The van der Waals surface area contributed by atoms with Crippen LogP contribution in [0.4, 0.5) is 0 Å². The van der Waals surface area contributed by atoms with Crippen LogP contribution in [-0.2, 0) is 23.8 Å². The van der Waals surface area contributed by atoms with Crippen molar-refractivity contribution in [1.29, 1.82) is 0 Å². The van der Waals surface area contributed by atoms with Crippen molar-refractivity contribution in [1.82, 2.24) is 0 Å². The molecule has 0 aromatic rings. The molecule has 6 heteroatoms. The SMILES string of the molecule is CC1(C)C(C#CC(=O)OCCOC2CCCCO2)C1C(=O)O. The fourth-order valence-corrected chi connectivity index (χ4v) is 2.70. The van der Waals surface area contributed by atoms with E-state index in [2.05, 4.69) is 11.8 Å². The van der Waals surface area contributed by atoms with Crippen LogP contribution in [0.1, 0.15) is 33.1 Å². The van der Waals surface area contributed by atoms with Crippen LogP contribution in [0.5, 0.6) is 0 Å². The van der Waals surface area contributed by atoms with E-state index in [1.165, 1.54) is 0 Å². The molecule has 0 aromatic heterocycles. The summed E-state index contributed by atoms with van der Waals surface area (Å²) in [6.07, 6.45) is 2.79. The molecule has 2 rings (SSSR count). The molecule has 22 heavy (non-hydrogen) atoms. The van der Waals surface area contributed by atoms with Crippen LogP contribution in [0.3, 0.4) is 0 Å². The van der Waals surface area contributed by atoms with Gasteiger partial charge in [-0.25, -0.2) is 4.79 Å². The Hall–Kier alpha value is -1.58. The van der Waals surface area contributed by atoms with E-state index in [1.807, 2.05) is 13.8 Å². The van der Waals surface area contributed by atoms with Gasteiger partial charge < -0.3 is 19.3 Å². The van der Waals surface area contributed by atoms with Crippen LogP contribution < -0.4 is 0 Å². The van der Waals surface area contributed by atoms with Gasteiger partial charge in [0.1, 0.15) is 6.61 Å². The fourth-order valence-electron chi connectivity index (χ4n) is 2.70. The molecule has 1 aliphatic carbocycles. The van der Waals surface area contributed by atoms with Crippen molar-refractivity contribution < 1.29 is 28.9 Å². The van der Waals surface area contributed by atoms with Gasteiger partial charge in [0.2, 0.25) is 0 Å². The molecule has 0 aromatic carbocycles. The number of ether oxygens (including phenoxy) is 3. The van der Waals surface area contributed by atoms with Gasteiger partial charge in [0.05, 0.1) is 12.5 Å². The molecule has 2 aliphatic rings. The topological polar surface area (TPSA) is 82.1 Å². The molecule has 0 spiro atoms. The smallest absolute Gasteiger partial charge is 0.384 e. The minimum Gasteiger partial charge on any atom is -0.481 e. The third-order valence-electron chi connectivity index (χ3n) is 4.18.